The van der Waals surface area contributed by atoms with E-state index < -0.39 is 23.4 Å². The lowest BCUT2D eigenvalue weighted by atomic mass is 10.2. The van der Waals surface area contributed by atoms with E-state index in [2.05, 4.69) is 25.5 Å². The predicted molar refractivity (Wildman–Crippen MR) is 112 cm³/mol. The van der Waals surface area contributed by atoms with E-state index in [4.69, 9.17) is 21.1 Å². The number of hydrogen-bond acceptors (Lipinski definition) is 5. The van der Waals surface area contributed by atoms with Gasteiger partial charge in [0.25, 0.3) is 0 Å². The van der Waals surface area contributed by atoms with E-state index >= 15 is 0 Å². The van der Waals surface area contributed by atoms with Gasteiger partial charge in [0.05, 0.1) is 23.6 Å². The number of urea groups is 1. The number of carbonyl (C=O) groups excluding carboxylic acids is 1. The standard InChI is InChI=1S/C20H20ClF2N5O3/c21-13-11-26-19-17(13)16(1-2-24-19)31-18-14(22)9-12(10-15(18)23)27-20(29)25-3-4-28-5-7-30-8-6-28/h1-2,9-11H,3-8H2,(H,24,26)(H2,25,27,29). The van der Waals surface area contributed by atoms with Gasteiger partial charge in [0.15, 0.2) is 17.4 Å². The number of halogens is 3. The van der Waals surface area contributed by atoms with Crippen molar-refractivity contribution in [1.29, 1.82) is 0 Å². The highest BCUT2D eigenvalue weighted by molar-refractivity contribution is 6.36. The Morgan fingerprint density at radius 3 is 2.77 bits per heavy atom. The number of ether oxygens (including phenoxy) is 2. The van der Waals surface area contributed by atoms with Crippen LogP contribution in [0.4, 0.5) is 19.3 Å². The first-order valence-corrected chi connectivity index (χ1v) is 10.0. The minimum atomic E-state index is -0.972. The number of fused-ring (bicyclic) bond motifs is 1. The van der Waals surface area contributed by atoms with Crippen LogP contribution < -0.4 is 15.4 Å². The number of amides is 2. The topological polar surface area (TPSA) is 91.5 Å². The lowest BCUT2D eigenvalue weighted by Crippen LogP contribution is -2.42. The molecule has 1 aromatic carbocycles. The van der Waals surface area contributed by atoms with E-state index in [1.54, 1.807) is 0 Å². The van der Waals surface area contributed by atoms with Crippen molar-refractivity contribution in [3.05, 3.63) is 47.2 Å². The van der Waals surface area contributed by atoms with Crippen molar-refractivity contribution in [1.82, 2.24) is 20.2 Å². The van der Waals surface area contributed by atoms with Crippen molar-refractivity contribution in [2.24, 2.45) is 0 Å². The number of H-pyrrole nitrogens is 1. The van der Waals surface area contributed by atoms with Gasteiger partial charge in [-0.2, -0.15) is 0 Å². The van der Waals surface area contributed by atoms with Crippen LogP contribution >= 0.6 is 11.6 Å². The maximum Gasteiger partial charge on any atom is 0.319 e. The molecule has 1 aliphatic rings. The average Bonchev–Trinajstić information content (AvgIpc) is 3.13. The summed E-state index contributed by atoms with van der Waals surface area (Å²) < 4.78 is 39.8. The summed E-state index contributed by atoms with van der Waals surface area (Å²) in [5.74, 6) is -2.40. The highest BCUT2D eigenvalue weighted by Crippen LogP contribution is 2.36. The molecule has 1 saturated heterocycles. The van der Waals surface area contributed by atoms with E-state index in [1.807, 2.05) is 0 Å². The van der Waals surface area contributed by atoms with Crippen LogP contribution in [0.1, 0.15) is 0 Å². The molecule has 4 rings (SSSR count). The summed E-state index contributed by atoms with van der Waals surface area (Å²) >= 11 is 6.09. The van der Waals surface area contributed by atoms with Gasteiger partial charge < -0.3 is 25.1 Å². The largest absolute Gasteiger partial charge is 0.450 e. The molecule has 2 amide bonds. The van der Waals surface area contributed by atoms with Crippen LogP contribution in [-0.2, 0) is 4.74 Å². The van der Waals surface area contributed by atoms with Crippen LogP contribution in [0.2, 0.25) is 5.02 Å². The molecule has 8 nitrogen and oxygen atoms in total. The monoisotopic (exact) mass is 451 g/mol. The Bertz CT molecular complexity index is 1060. The molecule has 1 aliphatic heterocycles. The van der Waals surface area contributed by atoms with E-state index in [9.17, 15) is 13.6 Å². The summed E-state index contributed by atoms with van der Waals surface area (Å²) in [6, 6.07) is 2.86. The minimum absolute atomic E-state index is 0.0363. The van der Waals surface area contributed by atoms with Gasteiger partial charge in [0.1, 0.15) is 11.4 Å². The number of benzene rings is 1. The van der Waals surface area contributed by atoms with Crippen molar-refractivity contribution < 1.29 is 23.0 Å². The van der Waals surface area contributed by atoms with Crippen molar-refractivity contribution in [3.63, 3.8) is 0 Å². The number of aromatic amines is 1. The number of morpholine rings is 1. The molecule has 1 fully saturated rings. The molecule has 31 heavy (non-hydrogen) atoms. The second kappa shape index (κ2) is 9.46. The van der Waals surface area contributed by atoms with Crippen LogP contribution in [0.5, 0.6) is 11.5 Å². The van der Waals surface area contributed by atoms with Crippen LogP contribution in [0.25, 0.3) is 11.0 Å². The Morgan fingerprint density at radius 2 is 2.03 bits per heavy atom. The van der Waals surface area contributed by atoms with E-state index in [0.717, 1.165) is 25.2 Å². The van der Waals surface area contributed by atoms with Crippen LogP contribution in [0, 0.1) is 11.6 Å². The molecule has 11 heteroatoms. The molecule has 0 aliphatic carbocycles. The van der Waals surface area contributed by atoms with Gasteiger partial charge in [-0.15, -0.1) is 0 Å². The Labute approximate surface area is 181 Å². The Hall–Kier alpha value is -2.95. The molecular formula is C20H20ClF2N5O3. The molecule has 164 valence electrons. The molecule has 3 heterocycles. The minimum Gasteiger partial charge on any atom is -0.450 e. The number of pyridine rings is 1. The van der Waals surface area contributed by atoms with Crippen LogP contribution in [-0.4, -0.2) is 60.3 Å². The maximum absolute atomic E-state index is 14.6. The van der Waals surface area contributed by atoms with E-state index in [0.29, 0.717) is 42.4 Å². The first-order chi connectivity index (χ1) is 15.0. The highest BCUT2D eigenvalue weighted by Gasteiger charge is 2.18. The van der Waals surface area contributed by atoms with Gasteiger partial charge in [-0.05, 0) is 6.07 Å². The van der Waals surface area contributed by atoms with Gasteiger partial charge in [-0.25, -0.2) is 18.6 Å². The zero-order chi connectivity index (χ0) is 21.8. The SMILES string of the molecule is O=C(NCCN1CCOCC1)Nc1cc(F)c(Oc2ccnc3[nH]cc(Cl)c23)c(F)c1. The molecular weight excluding hydrogens is 432 g/mol. The molecule has 0 saturated carbocycles. The maximum atomic E-state index is 14.6. The average molecular weight is 452 g/mol. The van der Waals surface area contributed by atoms with Gasteiger partial charge >= 0.3 is 6.03 Å². The summed E-state index contributed by atoms with van der Waals surface area (Å²) in [5, 5.41) is 5.80. The first-order valence-electron chi connectivity index (χ1n) is 9.64. The van der Waals surface area contributed by atoms with Gasteiger partial charge in [0, 0.05) is 56.4 Å². The number of nitrogens with zero attached hydrogens (tertiary/aromatic N) is 2. The number of anilines is 1. The highest BCUT2D eigenvalue weighted by atomic mass is 35.5. The number of nitrogens with one attached hydrogen (secondary N) is 3. The van der Waals surface area contributed by atoms with E-state index in [1.165, 1.54) is 18.5 Å². The third-order valence-corrected chi connectivity index (χ3v) is 5.07. The second-order valence-electron chi connectivity index (χ2n) is 6.88. The number of carbonyl (C=O) groups is 1. The zero-order valence-electron chi connectivity index (χ0n) is 16.4. The zero-order valence-corrected chi connectivity index (χ0v) is 17.1. The molecule has 0 spiro atoms. The molecule has 0 unspecified atom stereocenters. The second-order valence-corrected chi connectivity index (χ2v) is 7.28. The summed E-state index contributed by atoms with van der Waals surface area (Å²) in [7, 11) is 0. The third-order valence-electron chi connectivity index (χ3n) is 4.77. The van der Waals surface area contributed by atoms with Gasteiger partial charge in [0.2, 0.25) is 0 Å². The molecule has 0 radical (unpaired) electrons. The predicted octanol–water partition coefficient (Wildman–Crippen LogP) is 3.74. The first kappa shape index (κ1) is 21.3. The normalized spacial score (nSPS) is 14.5. The Balaban J connectivity index is 1.40. The Morgan fingerprint density at radius 1 is 1.29 bits per heavy atom. The molecule has 3 N–H and O–H groups in total. The Kier molecular flexibility index (Phi) is 6.50. The van der Waals surface area contributed by atoms with Gasteiger partial charge in [-0.3, -0.25) is 4.90 Å². The van der Waals surface area contributed by atoms with Crippen molar-refractivity contribution >= 4 is 34.4 Å². The van der Waals surface area contributed by atoms with Crippen LogP contribution in [0.3, 0.4) is 0 Å². The number of aromatic nitrogens is 2. The van der Waals surface area contributed by atoms with Crippen molar-refractivity contribution in [2.45, 2.75) is 0 Å². The molecule has 2 aromatic heterocycles. The fourth-order valence-corrected chi connectivity index (χ4v) is 3.48. The molecule has 0 bridgehead atoms. The van der Waals surface area contributed by atoms with Crippen LogP contribution in [0.15, 0.2) is 30.6 Å². The summed E-state index contributed by atoms with van der Waals surface area (Å²) in [4.78, 5) is 21.1. The summed E-state index contributed by atoms with van der Waals surface area (Å²) in [5.41, 5.74) is 0.390. The third kappa shape index (κ3) is 5.04. The smallest absolute Gasteiger partial charge is 0.319 e. The summed E-state index contributed by atoms with van der Waals surface area (Å²) in [6.07, 6.45) is 2.93. The lowest BCUT2D eigenvalue weighted by Gasteiger charge is -2.26. The number of rotatable bonds is 6. The van der Waals surface area contributed by atoms with Crippen molar-refractivity contribution in [2.75, 3.05) is 44.7 Å². The lowest BCUT2D eigenvalue weighted by molar-refractivity contribution is 0.0388. The quantitative estimate of drug-likeness (QED) is 0.531. The van der Waals surface area contributed by atoms with Gasteiger partial charge in [-0.1, -0.05) is 11.6 Å². The fraction of sp³-hybridized carbons (Fsp3) is 0.300. The van der Waals surface area contributed by atoms with E-state index in [-0.39, 0.29) is 11.4 Å². The summed E-state index contributed by atoms with van der Waals surface area (Å²) in [6.45, 7) is 4.00. The molecule has 3 aromatic rings. The molecule has 0 atom stereocenters. The van der Waals surface area contributed by atoms with Crippen molar-refractivity contribution in [3.8, 4) is 11.5 Å². The number of hydrogen-bond donors (Lipinski definition) is 3. The fourth-order valence-electron chi connectivity index (χ4n) is 3.24.